The minimum Gasteiger partial charge on any atom is -0.489 e. The van der Waals surface area contributed by atoms with Gasteiger partial charge in [0, 0.05) is 17.3 Å². The van der Waals surface area contributed by atoms with Gasteiger partial charge in [-0.15, -0.1) is 0 Å². The molecule has 1 aliphatic heterocycles. The van der Waals surface area contributed by atoms with Crippen molar-refractivity contribution >= 4 is 49.8 Å². The molecule has 0 radical (unpaired) electrons. The number of pyridine rings is 1. The summed E-state index contributed by atoms with van der Waals surface area (Å²) >= 11 is 9.47. The Kier molecular flexibility index (Phi) is 5.86. The van der Waals surface area contributed by atoms with Gasteiger partial charge < -0.3 is 15.4 Å². The first-order chi connectivity index (χ1) is 14.0. The number of halogens is 3. The number of nitrogens with zero attached hydrogens (tertiary/aromatic N) is 2. The van der Waals surface area contributed by atoms with E-state index in [1.807, 2.05) is 12.1 Å². The molecule has 1 saturated heterocycles. The Labute approximate surface area is 181 Å². The number of benzene rings is 2. The first-order valence-electron chi connectivity index (χ1n) is 9.17. The molecule has 8 heteroatoms. The minimum atomic E-state index is -0.501. The number of anilines is 2. The summed E-state index contributed by atoms with van der Waals surface area (Å²) in [5, 5.41) is 16.8. The van der Waals surface area contributed by atoms with E-state index in [9.17, 15) is 9.65 Å². The van der Waals surface area contributed by atoms with Crippen LogP contribution in [-0.2, 0) is 0 Å². The number of ether oxygens (including phenoxy) is 1. The van der Waals surface area contributed by atoms with Gasteiger partial charge in [0.1, 0.15) is 23.7 Å². The Bertz CT molecular complexity index is 1110. The van der Waals surface area contributed by atoms with E-state index in [2.05, 4.69) is 37.6 Å². The predicted molar refractivity (Wildman–Crippen MR) is 115 cm³/mol. The molecule has 5 nitrogen and oxygen atoms in total. The molecular weight excluding hydrogens is 459 g/mol. The van der Waals surface area contributed by atoms with Crippen molar-refractivity contribution in [2.24, 2.45) is 0 Å². The average Bonchev–Trinajstić information content (AvgIpc) is 2.72. The van der Waals surface area contributed by atoms with Crippen molar-refractivity contribution in [1.29, 1.82) is 5.26 Å². The summed E-state index contributed by atoms with van der Waals surface area (Å²) in [5.41, 5.74) is 2.21. The third kappa shape index (κ3) is 4.30. The van der Waals surface area contributed by atoms with Crippen LogP contribution in [0.2, 0.25) is 5.02 Å². The second kappa shape index (κ2) is 8.54. The van der Waals surface area contributed by atoms with Gasteiger partial charge >= 0.3 is 0 Å². The maximum absolute atomic E-state index is 13.5. The van der Waals surface area contributed by atoms with Gasteiger partial charge in [-0.25, -0.2) is 4.39 Å². The Balaban J connectivity index is 1.77. The molecule has 0 bridgehead atoms. The van der Waals surface area contributed by atoms with Gasteiger partial charge in [0.15, 0.2) is 0 Å². The number of nitriles is 1. The van der Waals surface area contributed by atoms with E-state index >= 15 is 0 Å². The molecular formula is C21H17BrClFN4O. The number of nitrogens with one attached hydrogen (secondary N) is 2. The molecule has 1 aliphatic rings. The first kappa shape index (κ1) is 19.9. The largest absolute Gasteiger partial charge is 0.489 e. The van der Waals surface area contributed by atoms with Crippen LogP contribution in [0.15, 0.2) is 41.0 Å². The fraction of sp³-hybridized carbons (Fsp3) is 0.238. The van der Waals surface area contributed by atoms with Crippen LogP contribution in [0.1, 0.15) is 18.4 Å². The van der Waals surface area contributed by atoms with E-state index in [-0.39, 0.29) is 11.1 Å². The van der Waals surface area contributed by atoms with Gasteiger partial charge in [0.05, 0.1) is 26.3 Å². The van der Waals surface area contributed by atoms with Crippen molar-refractivity contribution in [3.05, 3.63) is 57.4 Å². The van der Waals surface area contributed by atoms with Crippen LogP contribution < -0.4 is 15.4 Å². The Hall–Kier alpha value is -2.40. The van der Waals surface area contributed by atoms with Gasteiger partial charge in [-0.3, -0.25) is 4.98 Å². The summed E-state index contributed by atoms with van der Waals surface area (Å²) in [4.78, 5) is 4.39. The molecule has 0 saturated carbocycles. The van der Waals surface area contributed by atoms with Crippen LogP contribution in [0.5, 0.6) is 5.75 Å². The highest BCUT2D eigenvalue weighted by atomic mass is 79.9. The van der Waals surface area contributed by atoms with Crippen LogP contribution in [-0.4, -0.2) is 24.2 Å². The van der Waals surface area contributed by atoms with Crippen LogP contribution in [0.3, 0.4) is 0 Å². The second-order valence-corrected chi connectivity index (χ2v) is 8.04. The zero-order chi connectivity index (χ0) is 20.4. The number of fused-ring (bicyclic) bond motifs is 1. The lowest BCUT2D eigenvalue weighted by atomic mass is 10.1. The fourth-order valence-electron chi connectivity index (χ4n) is 3.31. The number of hydrogen-bond acceptors (Lipinski definition) is 5. The molecule has 29 heavy (non-hydrogen) atoms. The lowest BCUT2D eigenvalue weighted by molar-refractivity contribution is 0.161. The molecule has 2 aromatic carbocycles. The summed E-state index contributed by atoms with van der Waals surface area (Å²) in [7, 11) is 0. The van der Waals surface area contributed by atoms with E-state index in [1.165, 1.54) is 18.3 Å². The zero-order valence-electron chi connectivity index (χ0n) is 15.3. The molecule has 148 valence electrons. The molecule has 0 atom stereocenters. The number of hydrogen-bond donors (Lipinski definition) is 2. The van der Waals surface area contributed by atoms with E-state index in [0.29, 0.717) is 28.2 Å². The van der Waals surface area contributed by atoms with Crippen LogP contribution in [0.4, 0.5) is 15.8 Å². The molecule has 0 unspecified atom stereocenters. The molecule has 0 aliphatic carbocycles. The Morgan fingerprint density at radius 2 is 2.07 bits per heavy atom. The van der Waals surface area contributed by atoms with Crippen molar-refractivity contribution in [1.82, 2.24) is 10.3 Å². The van der Waals surface area contributed by atoms with Gasteiger partial charge in [-0.1, -0.05) is 11.6 Å². The lowest BCUT2D eigenvalue weighted by Crippen LogP contribution is -2.34. The highest BCUT2D eigenvalue weighted by Gasteiger charge is 2.18. The predicted octanol–water partition coefficient (Wildman–Crippen LogP) is 5.54. The maximum Gasteiger partial charge on any atom is 0.141 e. The molecule has 3 aromatic rings. The first-order valence-corrected chi connectivity index (χ1v) is 10.3. The molecule has 0 spiro atoms. The minimum absolute atomic E-state index is 0.00421. The van der Waals surface area contributed by atoms with Crippen LogP contribution in [0, 0.1) is 17.1 Å². The number of piperidine rings is 1. The highest BCUT2D eigenvalue weighted by Crippen LogP contribution is 2.37. The van der Waals surface area contributed by atoms with Crippen molar-refractivity contribution in [2.45, 2.75) is 18.9 Å². The van der Waals surface area contributed by atoms with Gasteiger partial charge in [-0.2, -0.15) is 5.26 Å². The molecule has 4 rings (SSSR count). The quantitative estimate of drug-likeness (QED) is 0.519. The summed E-state index contributed by atoms with van der Waals surface area (Å²) in [5.74, 6) is 0.195. The van der Waals surface area contributed by atoms with Crippen molar-refractivity contribution in [3.8, 4) is 11.8 Å². The topological polar surface area (TPSA) is 70.0 Å². The third-order valence-electron chi connectivity index (χ3n) is 4.81. The average molecular weight is 476 g/mol. The highest BCUT2D eigenvalue weighted by molar-refractivity contribution is 9.10. The normalized spacial score (nSPS) is 14.6. The number of aromatic nitrogens is 1. The fourth-order valence-corrected chi connectivity index (χ4v) is 3.92. The molecule has 1 aromatic heterocycles. The SMILES string of the molecule is N#Cc1cnc2cc(Br)c(OC3CCNCC3)cc2c1Nc1ccc(F)c(Cl)c1. The van der Waals surface area contributed by atoms with Crippen molar-refractivity contribution in [2.75, 3.05) is 18.4 Å². The second-order valence-electron chi connectivity index (χ2n) is 6.78. The summed E-state index contributed by atoms with van der Waals surface area (Å²) in [6, 6.07) is 10.2. The number of rotatable bonds is 4. The molecule has 0 amide bonds. The maximum atomic E-state index is 13.5. The van der Waals surface area contributed by atoms with Crippen molar-refractivity contribution < 1.29 is 9.13 Å². The monoisotopic (exact) mass is 474 g/mol. The van der Waals surface area contributed by atoms with Crippen molar-refractivity contribution in [3.63, 3.8) is 0 Å². The van der Waals surface area contributed by atoms with E-state index in [4.69, 9.17) is 16.3 Å². The molecule has 2 N–H and O–H groups in total. The third-order valence-corrected chi connectivity index (χ3v) is 5.72. The van der Waals surface area contributed by atoms with E-state index in [1.54, 1.807) is 6.07 Å². The van der Waals surface area contributed by atoms with E-state index < -0.39 is 5.82 Å². The van der Waals surface area contributed by atoms with E-state index in [0.717, 1.165) is 35.8 Å². The standard InChI is InChI=1S/C21H17BrClFN4O/c22-16-9-19-15(8-20(16)29-14-3-5-26-6-4-14)21(12(10-25)11-27-19)28-13-1-2-18(24)17(23)7-13/h1-2,7-9,11,14,26H,3-6H2,(H,27,28). The smallest absolute Gasteiger partial charge is 0.141 e. The summed E-state index contributed by atoms with van der Waals surface area (Å²) < 4.78 is 20.5. The van der Waals surface area contributed by atoms with Crippen LogP contribution >= 0.6 is 27.5 Å². The Morgan fingerprint density at radius 3 is 2.79 bits per heavy atom. The molecule has 1 fully saturated rings. The zero-order valence-corrected chi connectivity index (χ0v) is 17.6. The summed E-state index contributed by atoms with van der Waals surface area (Å²) in [6.07, 6.45) is 3.50. The summed E-state index contributed by atoms with van der Waals surface area (Å²) in [6.45, 7) is 1.85. The van der Waals surface area contributed by atoms with Crippen LogP contribution in [0.25, 0.3) is 10.9 Å². The lowest BCUT2D eigenvalue weighted by Gasteiger charge is -2.24. The molecule has 2 heterocycles. The Morgan fingerprint density at radius 1 is 1.28 bits per heavy atom. The van der Waals surface area contributed by atoms with Gasteiger partial charge in [0.25, 0.3) is 0 Å². The van der Waals surface area contributed by atoms with Gasteiger partial charge in [-0.05, 0) is 72.2 Å². The van der Waals surface area contributed by atoms with Gasteiger partial charge in [0.2, 0.25) is 0 Å².